The molecule has 106 valence electrons. The molecule has 0 fully saturated rings. The lowest BCUT2D eigenvalue weighted by Gasteiger charge is -2.13. The van der Waals surface area contributed by atoms with Crippen molar-refractivity contribution in [2.75, 3.05) is 13.1 Å². The monoisotopic (exact) mass is 273 g/mol. The Morgan fingerprint density at radius 3 is 2.55 bits per heavy atom. The van der Waals surface area contributed by atoms with Gasteiger partial charge in [-0.05, 0) is 24.6 Å². The van der Waals surface area contributed by atoms with E-state index in [1.807, 2.05) is 56.3 Å². The molecule has 0 aliphatic rings. The van der Waals surface area contributed by atoms with Crippen LogP contribution in [0.1, 0.15) is 19.4 Å². The number of benzene rings is 2. The Balaban J connectivity index is 2.08. The standard InChI is InChI=1S/C15H19N3O2/c1-3-17(4-2)18(19)16-20-12-14-10-7-9-13-8-5-6-11-15(13)14/h5-11H,3-4,12H2,1-2H3/b18-16-. The minimum absolute atomic E-state index is 0.279. The number of fused-ring (bicyclic) bond motifs is 1. The molecule has 0 heterocycles. The molecule has 5 nitrogen and oxygen atoms in total. The van der Waals surface area contributed by atoms with Gasteiger partial charge in [-0.1, -0.05) is 42.5 Å². The first-order chi connectivity index (χ1) is 9.76. The van der Waals surface area contributed by atoms with Crippen LogP contribution in [0.5, 0.6) is 0 Å². The van der Waals surface area contributed by atoms with E-state index >= 15 is 0 Å². The van der Waals surface area contributed by atoms with Gasteiger partial charge >= 0.3 is 0 Å². The number of rotatable bonds is 6. The van der Waals surface area contributed by atoms with Crippen molar-refractivity contribution in [2.45, 2.75) is 20.5 Å². The summed E-state index contributed by atoms with van der Waals surface area (Å²) < 4.78 is 0. The molecule has 0 bridgehead atoms. The third kappa shape index (κ3) is 3.17. The number of nitrogens with zero attached hydrogens (tertiary/aromatic N) is 3. The van der Waals surface area contributed by atoms with Gasteiger partial charge in [-0.3, -0.25) is 0 Å². The van der Waals surface area contributed by atoms with Crippen molar-refractivity contribution < 1.29 is 9.81 Å². The number of hydrazine groups is 1. The van der Waals surface area contributed by atoms with Crippen molar-refractivity contribution in [2.24, 2.45) is 5.28 Å². The van der Waals surface area contributed by atoms with E-state index in [1.165, 1.54) is 5.01 Å². The summed E-state index contributed by atoms with van der Waals surface area (Å²) in [6.45, 7) is 5.27. The average Bonchev–Trinajstić information content (AvgIpc) is 2.49. The Morgan fingerprint density at radius 1 is 1.10 bits per heavy atom. The second kappa shape index (κ2) is 6.75. The quantitative estimate of drug-likeness (QED) is 0.460. The van der Waals surface area contributed by atoms with E-state index < -0.39 is 0 Å². The van der Waals surface area contributed by atoms with E-state index in [1.54, 1.807) is 0 Å². The fraction of sp³-hybridized carbons (Fsp3) is 0.333. The molecule has 0 atom stereocenters. The second-order valence-corrected chi connectivity index (χ2v) is 4.39. The molecule has 0 amide bonds. The van der Waals surface area contributed by atoms with Crippen LogP contribution in [0.3, 0.4) is 0 Å². The van der Waals surface area contributed by atoms with E-state index in [-0.39, 0.29) is 6.61 Å². The van der Waals surface area contributed by atoms with Crippen molar-refractivity contribution in [3.05, 3.63) is 53.2 Å². The topological polar surface area (TPSA) is 50.9 Å². The summed E-state index contributed by atoms with van der Waals surface area (Å²) in [5.41, 5.74) is 1.01. The summed E-state index contributed by atoms with van der Waals surface area (Å²) in [7, 11) is 0. The highest BCUT2D eigenvalue weighted by Crippen LogP contribution is 2.19. The fourth-order valence-electron chi connectivity index (χ4n) is 2.08. The SMILES string of the molecule is CCN(CC)/[N+]([O-])=N/OCc1cccc2ccccc12. The summed E-state index contributed by atoms with van der Waals surface area (Å²) in [4.78, 5) is 5.68. The van der Waals surface area contributed by atoms with E-state index in [0.717, 1.165) is 16.3 Å². The van der Waals surface area contributed by atoms with E-state index in [2.05, 4.69) is 5.28 Å². The normalized spacial score (nSPS) is 11.6. The molecular formula is C15H19N3O2. The lowest BCUT2D eigenvalue weighted by atomic mass is 10.1. The molecule has 2 aromatic carbocycles. The smallest absolute Gasteiger partial charge is 0.233 e. The lowest BCUT2D eigenvalue weighted by Crippen LogP contribution is -2.30. The van der Waals surface area contributed by atoms with Gasteiger partial charge < -0.3 is 10.0 Å². The Kier molecular flexibility index (Phi) is 4.76. The van der Waals surface area contributed by atoms with Crippen LogP contribution >= 0.6 is 0 Å². The minimum Gasteiger partial charge on any atom is -0.569 e. The Morgan fingerprint density at radius 2 is 1.80 bits per heavy atom. The van der Waals surface area contributed by atoms with E-state index in [4.69, 9.17) is 4.84 Å². The van der Waals surface area contributed by atoms with Gasteiger partial charge in [0.1, 0.15) is 6.61 Å². The van der Waals surface area contributed by atoms with Gasteiger partial charge in [0.25, 0.3) is 0 Å². The van der Waals surface area contributed by atoms with Crippen LogP contribution in [0.2, 0.25) is 0 Å². The molecule has 2 aromatic rings. The molecule has 0 saturated heterocycles. The third-order valence-electron chi connectivity index (χ3n) is 3.20. The molecule has 20 heavy (non-hydrogen) atoms. The first-order valence-corrected chi connectivity index (χ1v) is 6.78. The van der Waals surface area contributed by atoms with Gasteiger partial charge in [0, 0.05) is 5.56 Å². The van der Waals surface area contributed by atoms with Gasteiger partial charge in [0.05, 0.1) is 18.1 Å². The molecule has 0 aliphatic heterocycles. The van der Waals surface area contributed by atoms with Crippen molar-refractivity contribution >= 4 is 10.8 Å². The fourth-order valence-corrected chi connectivity index (χ4v) is 2.08. The van der Waals surface area contributed by atoms with Gasteiger partial charge in [-0.15, -0.1) is 5.01 Å². The molecular weight excluding hydrogens is 254 g/mol. The molecule has 0 aliphatic carbocycles. The van der Waals surface area contributed by atoms with Gasteiger partial charge in [0.2, 0.25) is 5.28 Å². The van der Waals surface area contributed by atoms with Crippen LogP contribution < -0.4 is 0 Å². The summed E-state index contributed by atoms with van der Waals surface area (Å²) >= 11 is 0. The first kappa shape index (κ1) is 14.1. The molecule has 0 unspecified atom stereocenters. The van der Waals surface area contributed by atoms with Crippen LogP contribution in [-0.2, 0) is 11.4 Å². The molecule has 0 spiro atoms. The summed E-state index contributed by atoms with van der Waals surface area (Å²) in [6.07, 6.45) is 0. The summed E-state index contributed by atoms with van der Waals surface area (Å²) in [6, 6.07) is 14.1. The largest absolute Gasteiger partial charge is 0.569 e. The van der Waals surface area contributed by atoms with Crippen molar-refractivity contribution in [1.82, 2.24) is 5.01 Å². The zero-order valence-electron chi connectivity index (χ0n) is 11.8. The zero-order valence-corrected chi connectivity index (χ0v) is 11.8. The summed E-state index contributed by atoms with van der Waals surface area (Å²) in [5.74, 6) is 0. The maximum atomic E-state index is 11.6. The first-order valence-electron chi connectivity index (χ1n) is 6.78. The summed E-state index contributed by atoms with van der Waals surface area (Å²) in [5, 5.41) is 19.0. The molecule has 0 aromatic heterocycles. The van der Waals surface area contributed by atoms with E-state index in [9.17, 15) is 5.21 Å². The maximum Gasteiger partial charge on any atom is 0.233 e. The zero-order chi connectivity index (χ0) is 14.4. The van der Waals surface area contributed by atoms with Gasteiger partial charge in [-0.2, -0.15) is 0 Å². The number of hydrogen-bond donors (Lipinski definition) is 0. The highest BCUT2D eigenvalue weighted by Gasteiger charge is 2.07. The van der Waals surface area contributed by atoms with Crippen molar-refractivity contribution in [1.29, 1.82) is 0 Å². The van der Waals surface area contributed by atoms with Crippen molar-refractivity contribution in [3.63, 3.8) is 0 Å². The Hall–Kier alpha value is -2.30. The maximum absolute atomic E-state index is 11.6. The van der Waals surface area contributed by atoms with Crippen LogP contribution in [0.4, 0.5) is 0 Å². The molecule has 0 N–H and O–H groups in total. The Bertz CT molecular complexity index is 589. The molecule has 5 heteroatoms. The molecule has 0 saturated carbocycles. The van der Waals surface area contributed by atoms with Crippen LogP contribution in [0, 0.1) is 5.21 Å². The highest BCUT2D eigenvalue weighted by atomic mass is 16.7. The predicted molar refractivity (Wildman–Crippen MR) is 77.7 cm³/mol. The highest BCUT2D eigenvalue weighted by molar-refractivity contribution is 5.85. The molecule has 0 radical (unpaired) electrons. The van der Waals surface area contributed by atoms with Gasteiger partial charge in [0.15, 0.2) is 0 Å². The minimum atomic E-state index is 0.279. The predicted octanol–water partition coefficient (Wildman–Crippen LogP) is 3.49. The van der Waals surface area contributed by atoms with Crippen LogP contribution in [0.15, 0.2) is 47.7 Å². The molecule has 2 rings (SSSR count). The number of hydrogen-bond acceptors (Lipinski definition) is 3. The lowest BCUT2D eigenvalue weighted by molar-refractivity contribution is -0.710. The van der Waals surface area contributed by atoms with Crippen LogP contribution in [0.25, 0.3) is 10.8 Å². The average molecular weight is 273 g/mol. The second-order valence-electron chi connectivity index (χ2n) is 4.39. The van der Waals surface area contributed by atoms with E-state index in [0.29, 0.717) is 18.1 Å². The van der Waals surface area contributed by atoms with Crippen LogP contribution in [-0.4, -0.2) is 23.1 Å². The Labute approximate surface area is 118 Å². The van der Waals surface area contributed by atoms with Crippen molar-refractivity contribution in [3.8, 4) is 0 Å². The van der Waals surface area contributed by atoms with Gasteiger partial charge in [-0.25, -0.2) is 0 Å². The third-order valence-corrected chi connectivity index (χ3v) is 3.20.